The number of urea groups is 1. The normalized spacial score (nSPS) is 17.1. The van der Waals surface area contributed by atoms with E-state index >= 15 is 0 Å². The molecule has 0 saturated heterocycles. The highest BCUT2D eigenvalue weighted by Gasteiger charge is 2.19. The second-order valence-electron chi connectivity index (χ2n) is 6.51. The highest BCUT2D eigenvalue weighted by Crippen LogP contribution is 2.28. The topological polar surface area (TPSA) is 32.3 Å². The first-order valence-electron chi connectivity index (χ1n) is 8.65. The molecule has 2 amide bonds. The number of benzene rings is 1. The zero-order chi connectivity index (χ0) is 17.5. The van der Waals surface area contributed by atoms with E-state index < -0.39 is 5.82 Å². The Balaban J connectivity index is 2.00. The zero-order valence-corrected chi connectivity index (χ0v) is 14.6. The van der Waals surface area contributed by atoms with E-state index in [1.54, 1.807) is 23.1 Å². The molecule has 24 heavy (non-hydrogen) atoms. The Hall–Kier alpha value is -2.10. The van der Waals surface area contributed by atoms with Crippen LogP contribution >= 0.6 is 0 Å². The van der Waals surface area contributed by atoms with E-state index in [1.807, 2.05) is 6.92 Å². The first-order valence-corrected chi connectivity index (χ1v) is 8.65. The SMILES string of the molecule is C=C(C)C1CC=C(CN(CCC)C(=O)Nc2ccccc2F)CC1. The third-order valence-corrected chi connectivity index (χ3v) is 4.49. The fraction of sp³-hybridized carbons (Fsp3) is 0.450. The van der Waals surface area contributed by atoms with Gasteiger partial charge < -0.3 is 10.2 Å². The Morgan fingerprint density at radius 1 is 1.42 bits per heavy atom. The maximum Gasteiger partial charge on any atom is 0.322 e. The average molecular weight is 330 g/mol. The van der Waals surface area contributed by atoms with Crippen molar-refractivity contribution in [1.29, 1.82) is 0 Å². The molecule has 2 rings (SSSR count). The molecule has 1 N–H and O–H groups in total. The number of allylic oxidation sites excluding steroid dienone is 2. The molecule has 0 fully saturated rings. The molecule has 1 aromatic rings. The van der Waals surface area contributed by atoms with Crippen molar-refractivity contribution in [2.45, 2.75) is 39.5 Å². The van der Waals surface area contributed by atoms with Crippen LogP contribution in [0, 0.1) is 11.7 Å². The standard InChI is InChI=1S/C20H27FN2O/c1-4-13-23(14-16-9-11-17(12-10-16)15(2)3)20(24)22-19-8-6-5-7-18(19)21/h5-9,17H,2,4,10-14H2,1,3H3,(H,22,24). The Morgan fingerprint density at radius 3 is 2.75 bits per heavy atom. The lowest BCUT2D eigenvalue weighted by atomic mass is 9.85. The number of rotatable bonds is 6. The number of anilines is 1. The maximum absolute atomic E-state index is 13.7. The minimum atomic E-state index is -0.413. The van der Waals surface area contributed by atoms with Crippen LogP contribution in [0.2, 0.25) is 0 Å². The summed E-state index contributed by atoms with van der Waals surface area (Å²) in [5, 5.41) is 2.68. The number of halogens is 1. The molecule has 0 spiro atoms. The molecule has 1 atom stereocenters. The number of nitrogens with one attached hydrogen (secondary N) is 1. The van der Waals surface area contributed by atoms with Crippen LogP contribution in [0.15, 0.2) is 48.1 Å². The molecule has 1 unspecified atom stereocenters. The number of carbonyl (C=O) groups excluding carboxylic acids is 1. The quantitative estimate of drug-likeness (QED) is 0.699. The molecular weight excluding hydrogens is 303 g/mol. The van der Waals surface area contributed by atoms with Crippen LogP contribution in [0.25, 0.3) is 0 Å². The third kappa shape index (κ3) is 4.95. The van der Waals surface area contributed by atoms with Gasteiger partial charge in [0, 0.05) is 13.1 Å². The van der Waals surface area contributed by atoms with E-state index in [2.05, 4.69) is 24.9 Å². The summed E-state index contributed by atoms with van der Waals surface area (Å²) in [5.74, 6) is 0.143. The Bertz CT molecular complexity index is 624. The maximum atomic E-state index is 13.7. The van der Waals surface area contributed by atoms with Crippen molar-refractivity contribution in [1.82, 2.24) is 4.90 Å². The summed E-state index contributed by atoms with van der Waals surface area (Å²) >= 11 is 0. The van der Waals surface area contributed by atoms with Crippen LogP contribution in [-0.4, -0.2) is 24.0 Å². The largest absolute Gasteiger partial charge is 0.322 e. The molecule has 0 heterocycles. The molecule has 0 aliphatic heterocycles. The van der Waals surface area contributed by atoms with Crippen molar-refractivity contribution in [3.63, 3.8) is 0 Å². The van der Waals surface area contributed by atoms with Gasteiger partial charge in [-0.3, -0.25) is 0 Å². The van der Waals surface area contributed by atoms with E-state index in [4.69, 9.17) is 0 Å². The number of hydrogen-bond acceptors (Lipinski definition) is 1. The van der Waals surface area contributed by atoms with Crippen LogP contribution in [0.1, 0.15) is 39.5 Å². The van der Waals surface area contributed by atoms with Gasteiger partial charge in [0.1, 0.15) is 5.82 Å². The van der Waals surface area contributed by atoms with Crippen LogP contribution < -0.4 is 5.32 Å². The molecule has 0 bridgehead atoms. The summed E-state index contributed by atoms with van der Waals surface area (Å²) in [6, 6.07) is 6.00. The predicted octanol–water partition coefficient (Wildman–Crippen LogP) is 5.37. The molecule has 130 valence electrons. The molecule has 0 aromatic heterocycles. The van der Waals surface area contributed by atoms with E-state index in [9.17, 15) is 9.18 Å². The number of nitrogens with zero attached hydrogens (tertiary/aromatic N) is 1. The monoisotopic (exact) mass is 330 g/mol. The molecule has 0 saturated carbocycles. The first-order chi connectivity index (χ1) is 11.5. The van der Waals surface area contributed by atoms with Crippen LogP contribution in [0.4, 0.5) is 14.9 Å². The molecule has 3 nitrogen and oxygen atoms in total. The van der Waals surface area contributed by atoms with E-state index in [0.29, 0.717) is 19.0 Å². The Morgan fingerprint density at radius 2 is 2.17 bits per heavy atom. The third-order valence-electron chi connectivity index (χ3n) is 4.49. The minimum absolute atomic E-state index is 0.226. The summed E-state index contributed by atoms with van der Waals surface area (Å²) in [6.45, 7) is 9.42. The zero-order valence-electron chi connectivity index (χ0n) is 14.6. The van der Waals surface area contributed by atoms with Crippen molar-refractivity contribution in [2.75, 3.05) is 18.4 Å². The minimum Gasteiger partial charge on any atom is -0.321 e. The van der Waals surface area contributed by atoms with Gasteiger partial charge in [-0.05, 0) is 50.7 Å². The number of hydrogen-bond donors (Lipinski definition) is 1. The van der Waals surface area contributed by atoms with Crippen LogP contribution in [-0.2, 0) is 0 Å². The average Bonchev–Trinajstić information content (AvgIpc) is 2.57. The van der Waals surface area contributed by atoms with Gasteiger partial charge in [-0.1, -0.05) is 42.9 Å². The van der Waals surface area contributed by atoms with Gasteiger partial charge >= 0.3 is 6.03 Å². The molecule has 4 heteroatoms. The second-order valence-corrected chi connectivity index (χ2v) is 6.51. The number of amides is 2. The van der Waals surface area contributed by atoms with Crippen molar-refractivity contribution in [3.05, 3.63) is 53.9 Å². The highest BCUT2D eigenvalue weighted by molar-refractivity contribution is 5.89. The summed E-state index contributed by atoms with van der Waals surface area (Å²) in [7, 11) is 0. The Kier molecular flexibility index (Phi) is 6.59. The van der Waals surface area contributed by atoms with Gasteiger partial charge in [0.2, 0.25) is 0 Å². The summed E-state index contributed by atoms with van der Waals surface area (Å²) < 4.78 is 13.7. The van der Waals surface area contributed by atoms with Gasteiger partial charge in [0.15, 0.2) is 0 Å². The van der Waals surface area contributed by atoms with Crippen molar-refractivity contribution < 1.29 is 9.18 Å². The highest BCUT2D eigenvalue weighted by atomic mass is 19.1. The van der Waals surface area contributed by atoms with Gasteiger partial charge in [-0.15, -0.1) is 0 Å². The summed E-state index contributed by atoms with van der Waals surface area (Å²) in [4.78, 5) is 14.3. The summed E-state index contributed by atoms with van der Waals surface area (Å²) in [6.07, 6.45) is 6.19. The first kappa shape index (κ1) is 18.2. The lowest BCUT2D eigenvalue weighted by Gasteiger charge is -2.28. The van der Waals surface area contributed by atoms with Gasteiger partial charge in [-0.2, -0.15) is 0 Å². The fourth-order valence-corrected chi connectivity index (χ4v) is 3.00. The number of carbonyl (C=O) groups is 1. The summed E-state index contributed by atoms with van der Waals surface area (Å²) in [5.41, 5.74) is 2.74. The fourth-order valence-electron chi connectivity index (χ4n) is 3.00. The van der Waals surface area contributed by atoms with Gasteiger partial charge in [-0.25, -0.2) is 9.18 Å². The van der Waals surface area contributed by atoms with E-state index in [0.717, 1.165) is 25.7 Å². The van der Waals surface area contributed by atoms with Crippen LogP contribution in [0.5, 0.6) is 0 Å². The molecular formula is C20H27FN2O. The van der Waals surface area contributed by atoms with Crippen molar-refractivity contribution in [3.8, 4) is 0 Å². The lowest BCUT2D eigenvalue weighted by molar-refractivity contribution is 0.215. The van der Waals surface area contributed by atoms with E-state index in [-0.39, 0.29) is 11.7 Å². The molecule has 1 aliphatic rings. The van der Waals surface area contributed by atoms with Gasteiger partial charge in [0.25, 0.3) is 0 Å². The van der Waals surface area contributed by atoms with Crippen molar-refractivity contribution in [2.24, 2.45) is 5.92 Å². The molecule has 0 radical (unpaired) electrons. The lowest BCUT2D eigenvalue weighted by Crippen LogP contribution is -2.37. The molecule has 1 aromatic carbocycles. The Labute approximate surface area is 144 Å². The van der Waals surface area contributed by atoms with E-state index in [1.165, 1.54) is 17.2 Å². The van der Waals surface area contributed by atoms with Gasteiger partial charge in [0.05, 0.1) is 5.69 Å². The molecule has 1 aliphatic carbocycles. The van der Waals surface area contributed by atoms with Crippen molar-refractivity contribution >= 4 is 11.7 Å². The number of para-hydroxylation sites is 1. The smallest absolute Gasteiger partial charge is 0.321 e. The second kappa shape index (κ2) is 8.67. The predicted molar refractivity (Wildman–Crippen MR) is 97.5 cm³/mol. The van der Waals surface area contributed by atoms with Crippen LogP contribution in [0.3, 0.4) is 0 Å².